The number of hydrogen-bond acceptors (Lipinski definition) is 2. The molecule has 0 aromatic heterocycles. The number of nitriles is 1. The highest BCUT2D eigenvalue weighted by Gasteiger charge is 2.34. The number of rotatable bonds is 2. The Hall–Kier alpha value is -1.63. The average Bonchev–Trinajstić information content (AvgIpc) is 2.31. The molecule has 4 heteroatoms. The van der Waals surface area contributed by atoms with Crippen LogP contribution in [-0.4, -0.2) is 12.0 Å². The molecule has 18 heavy (non-hydrogen) atoms. The number of halogens is 2. The number of benzene rings is 1. The third-order valence-corrected chi connectivity index (χ3v) is 3.29. The second kappa shape index (κ2) is 4.93. The highest BCUT2D eigenvalue weighted by molar-refractivity contribution is 5.52. The second-order valence-electron chi connectivity index (χ2n) is 4.97. The molecule has 0 spiro atoms. The summed E-state index contributed by atoms with van der Waals surface area (Å²) in [5.41, 5.74) is 2.44. The molecule has 0 radical (unpaired) electrons. The Kier molecular flexibility index (Phi) is 3.51. The summed E-state index contributed by atoms with van der Waals surface area (Å²) in [6.07, 6.45) is 0.842. The Balaban J connectivity index is 2.02. The predicted molar refractivity (Wildman–Crippen MR) is 66.7 cm³/mol. The number of nitrogens with zero attached hydrogens (tertiary/aromatic N) is 1. The quantitative estimate of drug-likeness (QED) is 0.865. The number of hydrogen-bond donors (Lipinski definition) is 1. The van der Waals surface area contributed by atoms with Gasteiger partial charge in [0, 0.05) is 24.6 Å². The third-order valence-electron chi connectivity index (χ3n) is 3.29. The molecule has 1 aromatic rings. The normalized spacial score (nSPS) is 19.2. The first-order valence-corrected chi connectivity index (χ1v) is 6.15. The van der Waals surface area contributed by atoms with Crippen molar-refractivity contribution in [3.8, 4) is 6.07 Å². The van der Waals surface area contributed by atoms with Gasteiger partial charge in [0.25, 0.3) is 0 Å². The first kappa shape index (κ1) is 12.8. The van der Waals surface area contributed by atoms with Crippen LogP contribution in [0.15, 0.2) is 18.2 Å². The molecule has 96 valence electrons. The van der Waals surface area contributed by atoms with E-state index in [9.17, 15) is 8.78 Å². The first-order valence-electron chi connectivity index (χ1n) is 6.15. The van der Waals surface area contributed by atoms with Crippen molar-refractivity contribution in [2.24, 2.45) is 0 Å². The highest BCUT2D eigenvalue weighted by Crippen LogP contribution is 2.34. The molecule has 0 bridgehead atoms. The van der Waals surface area contributed by atoms with Gasteiger partial charge in [0.05, 0.1) is 11.6 Å². The summed E-state index contributed by atoms with van der Waals surface area (Å²) in [7, 11) is 0. The van der Waals surface area contributed by atoms with E-state index in [1.165, 1.54) is 0 Å². The van der Waals surface area contributed by atoms with E-state index in [1.54, 1.807) is 12.1 Å². The van der Waals surface area contributed by atoms with Gasteiger partial charge in [0.15, 0.2) is 0 Å². The van der Waals surface area contributed by atoms with E-state index in [2.05, 4.69) is 11.4 Å². The fraction of sp³-hybridized carbons (Fsp3) is 0.500. The lowest BCUT2D eigenvalue weighted by atomic mass is 9.92. The maximum atomic E-state index is 13.0. The Morgan fingerprint density at radius 1 is 1.28 bits per heavy atom. The minimum atomic E-state index is -2.50. The molecular formula is C14H16F2N2. The summed E-state index contributed by atoms with van der Waals surface area (Å²) in [6, 6.07) is 7.69. The van der Waals surface area contributed by atoms with Crippen LogP contribution in [0.3, 0.4) is 0 Å². The third kappa shape index (κ3) is 3.19. The standard InChI is InChI=1S/C14H16F2N2/c1-10-6-11(9-17)8-13(7-10)18-12-2-4-14(15,16)5-3-12/h6-8,12,18H,2-5H2,1H3. The largest absolute Gasteiger partial charge is 0.382 e. The molecule has 1 aliphatic carbocycles. The zero-order valence-corrected chi connectivity index (χ0v) is 10.3. The summed E-state index contributed by atoms with van der Waals surface area (Å²) in [6.45, 7) is 1.92. The van der Waals surface area contributed by atoms with Gasteiger partial charge in [-0.2, -0.15) is 5.26 Å². The van der Waals surface area contributed by atoms with Crippen LogP contribution in [0.4, 0.5) is 14.5 Å². The van der Waals surface area contributed by atoms with Gasteiger partial charge >= 0.3 is 0 Å². The average molecular weight is 250 g/mol. The van der Waals surface area contributed by atoms with Gasteiger partial charge in [0.2, 0.25) is 5.92 Å². The minimum absolute atomic E-state index is 0.0540. The van der Waals surface area contributed by atoms with E-state index in [1.807, 2.05) is 13.0 Å². The first-order chi connectivity index (χ1) is 8.48. The van der Waals surface area contributed by atoms with Crippen LogP contribution in [0.25, 0.3) is 0 Å². The Bertz CT molecular complexity index is 467. The Labute approximate surface area is 106 Å². The molecule has 1 aromatic carbocycles. The van der Waals surface area contributed by atoms with E-state index >= 15 is 0 Å². The van der Waals surface area contributed by atoms with Crippen LogP contribution in [0.1, 0.15) is 36.8 Å². The molecule has 0 saturated heterocycles. The molecule has 0 aliphatic heterocycles. The molecule has 1 fully saturated rings. The molecule has 0 amide bonds. The fourth-order valence-electron chi connectivity index (χ4n) is 2.35. The molecular weight excluding hydrogens is 234 g/mol. The van der Waals surface area contributed by atoms with Crippen molar-refractivity contribution in [2.75, 3.05) is 5.32 Å². The van der Waals surface area contributed by atoms with Gasteiger partial charge in [-0.15, -0.1) is 0 Å². The molecule has 0 heterocycles. The monoisotopic (exact) mass is 250 g/mol. The van der Waals surface area contributed by atoms with E-state index in [-0.39, 0.29) is 18.9 Å². The Morgan fingerprint density at radius 3 is 2.56 bits per heavy atom. The van der Waals surface area contributed by atoms with E-state index in [4.69, 9.17) is 5.26 Å². The Morgan fingerprint density at radius 2 is 1.94 bits per heavy atom. The lowest BCUT2D eigenvalue weighted by molar-refractivity contribution is -0.0360. The number of aryl methyl sites for hydroxylation is 1. The van der Waals surface area contributed by atoms with Gasteiger partial charge in [-0.25, -0.2) is 8.78 Å². The molecule has 1 aliphatic rings. The van der Waals surface area contributed by atoms with Gasteiger partial charge in [-0.3, -0.25) is 0 Å². The summed E-state index contributed by atoms with van der Waals surface area (Å²) < 4.78 is 26.1. The number of nitrogens with one attached hydrogen (secondary N) is 1. The van der Waals surface area contributed by atoms with Crippen molar-refractivity contribution in [1.82, 2.24) is 0 Å². The van der Waals surface area contributed by atoms with Crippen LogP contribution < -0.4 is 5.32 Å². The lowest BCUT2D eigenvalue weighted by Gasteiger charge is -2.29. The predicted octanol–water partition coefficient (Wildman–Crippen LogP) is 3.86. The van der Waals surface area contributed by atoms with Crippen molar-refractivity contribution in [1.29, 1.82) is 5.26 Å². The van der Waals surface area contributed by atoms with Crippen LogP contribution in [-0.2, 0) is 0 Å². The van der Waals surface area contributed by atoms with Gasteiger partial charge in [-0.1, -0.05) is 0 Å². The summed E-state index contributed by atoms with van der Waals surface area (Å²) >= 11 is 0. The van der Waals surface area contributed by atoms with Crippen LogP contribution >= 0.6 is 0 Å². The molecule has 0 unspecified atom stereocenters. The van der Waals surface area contributed by atoms with Gasteiger partial charge in [-0.05, 0) is 43.5 Å². The summed E-state index contributed by atoms with van der Waals surface area (Å²) in [4.78, 5) is 0. The molecule has 2 rings (SSSR count). The zero-order valence-electron chi connectivity index (χ0n) is 10.3. The molecule has 0 atom stereocenters. The van der Waals surface area contributed by atoms with Crippen molar-refractivity contribution in [3.63, 3.8) is 0 Å². The van der Waals surface area contributed by atoms with E-state index < -0.39 is 5.92 Å². The summed E-state index contributed by atoms with van der Waals surface area (Å²) in [5.74, 6) is -2.50. The minimum Gasteiger partial charge on any atom is -0.382 e. The van der Waals surface area contributed by atoms with Crippen molar-refractivity contribution < 1.29 is 8.78 Å². The van der Waals surface area contributed by atoms with Gasteiger partial charge < -0.3 is 5.32 Å². The lowest BCUT2D eigenvalue weighted by Crippen LogP contribution is -2.32. The van der Waals surface area contributed by atoms with E-state index in [0.717, 1.165) is 11.3 Å². The number of alkyl halides is 2. The topological polar surface area (TPSA) is 35.8 Å². The fourth-order valence-corrected chi connectivity index (χ4v) is 2.35. The van der Waals surface area contributed by atoms with Crippen LogP contribution in [0.2, 0.25) is 0 Å². The zero-order chi connectivity index (χ0) is 13.2. The van der Waals surface area contributed by atoms with Crippen molar-refractivity contribution in [2.45, 2.75) is 44.6 Å². The smallest absolute Gasteiger partial charge is 0.248 e. The van der Waals surface area contributed by atoms with Crippen LogP contribution in [0, 0.1) is 18.3 Å². The molecule has 1 N–H and O–H groups in total. The maximum absolute atomic E-state index is 13.0. The summed E-state index contributed by atoms with van der Waals surface area (Å²) in [5, 5.41) is 12.1. The van der Waals surface area contributed by atoms with Gasteiger partial charge in [0.1, 0.15) is 0 Å². The molecule has 2 nitrogen and oxygen atoms in total. The second-order valence-corrected chi connectivity index (χ2v) is 4.97. The van der Waals surface area contributed by atoms with Crippen molar-refractivity contribution >= 4 is 5.69 Å². The highest BCUT2D eigenvalue weighted by atomic mass is 19.3. The van der Waals surface area contributed by atoms with E-state index in [0.29, 0.717) is 18.4 Å². The van der Waals surface area contributed by atoms with Crippen molar-refractivity contribution in [3.05, 3.63) is 29.3 Å². The molecule has 1 saturated carbocycles. The maximum Gasteiger partial charge on any atom is 0.248 e. The number of anilines is 1. The van der Waals surface area contributed by atoms with Crippen LogP contribution in [0.5, 0.6) is 0 Å². The SMILES string of the molecule is Cc1cc(C#N)cc(NC2CCC(F)(F)CC2)c1.